The van der Waals surface area contributed by atoms with Gasteiger partial charge in [-0.25, -0.2) is 4.98 Å². The first-order valence-corrected chi connectivity index (χ1v) is 3.95. The Balaban J connectivity index is 0. The molecule has 0 fully saturated rings. The lowest BCUT2D eigenvalue weighted by atomic mass is 10.2. The second-order valence-corrected chi connectivity index (χ2v) is 3.05. The third-order valence-corrected chi connectivity index (χ3v) is 1.96. The predicted octanol–water partition coefficient (Wildman–Crippen LogP) is 0.849. The van der Waals surface area contributed by atoms with Gasteiger partial charge in [-0.05, 0) is 0 Å². The summed E-state index contributed by atoms with van der Waals surface area (Å²) in [7, 11) is 0. The van der Waals surface area contributed by atoms with Crippen LogP contribution in [0.3, 0.4) is 0 Å². The lowest BCUT2D eigenvalue weighted by molar-refractivity contribution is 0.265. The molecule has 12 heavy (non-hydrogen) atoms. The van der Waals surface area contributed by atoms with Crippen LogP contribution in [-0.4, -0.2) is 22.7 Å². The summed E-state index contributed by atoms with van der Waals surface area (Å²) in [6.07, 6.45) is 2.41. The van der Waals surface area contributed by atoms with E-state index in [1.165, 1.54) is 0 Å². The number of aliphatic hydroxyl groups is 1. The van der Waals surface area contributed by atoms with E-state index in [4.69, 9.17) is 10.8 Å². The Bertz CT molecular complexity index is 184. The van der Waals surface area contributed by atoms with Crippen molar-refractivity contribution in [3.8, 4) is 0 Å². The Morgan fingerprint density at radius 3 is 2.67 bits per heavy atom. The summed E-state index contributed by atoms with van der Waals surface area (Å²) in [5.74, 6) is 0. The van der Waals surface area contributed by atoms with Gasteiger partial charge < -0.3 is 10.8 Å². The van der Waals surface area contributed by atoms with Crippen molar-refractivity contribution in [3.63, 3.8) is 0 Å². The Labute approximate surface area is 87.8 Å². The molecule has 0 spiro atoms. The van der Waals surface area contributed by atoms with Crippen LogP contribution < -0.4 is 5.73 Å². The average molecular weight is 231 g/mol. The molecule has 0 aliphatic carbocycles. The highest BCUT2D eigenvalue weighted by Crippen LogP contribution is 2.05. The maximum absolute atomic E-state index is 8.59. The van der Waals surface area contributed by atoms with Crippen molar-refractivity contribution in [2.24, 2.45) is 5.73 Å². The Morgan fingerprint density at radius 1 is 1.58 bits per heavy atom. The van der Waals surface area contributed by atoms with Gasteiger partial charge in [-0.3, -0.25) is 0 Å². The SMILES string of the molecule is Cl.Cl.NC(CO)Cc1nccs1. The summed E-state index contributed by atoms with van der Waals surface area (Å²) in [5.41, 5.74) is 5.48. The minimum Gasteiger partial charge on any atom is -0.395 e. The van der Waals surface area contributed by atoms with E-state index >= 15 is 0 Å². The summed E-state index contributed by atoms with van der Waals surface area (Å²) in [4.78, 5) is 4.03. The monoisotopic (exact) mass is 230 g/mol. The van der Waals surface area contributed by atoms with E-state index < -0.39 is 0 Å². The topological polar surface area (TPSA) is 59.1 Å². The number of rotatable bonds is 3. The van der Waals surface area contributed by atoms with Crippen LogP contribution in [0.2, 0.25) is 0 Å². The van der Waals surface area contributed by atoms with Crippen LogP contribution in [0.4, 0.5) is 0 Å². The molecule has 0 saturated heterocycles. The number of aliphatic hydroxyl groups excluding tert-OH is 1. The summed E-state index contributed by atoms with van der Waals surface area (Å²) in [6, 6.07) is -0.161. The fourth-order valence-corrected chi connectivity index (χ4v) is 1.35. The normalized spacial score (nSPS) is 11.2. The summed E-state index contributed by atoms with van der Waals surface area (Å²) >= 11 is 1.56. The molecule has 3 N–H and O–H groups in total. The van der Waals surface area contributed by atoms with Gasteiger partial charge in [-0.15, -0.1) is 36.2 Å². The van der Waals surface area contributed by atoms with Crippen molar-refractivity contribution in [1.29, 1.82) is 0 Å². The van der Waals surface area contributed by atoms with Gasteiger partial charge in [0.1, 0.15) is 0 Å². The number of nitrogens with two attached hydrogens (primary N) is 1. The molecule has 1 atom stereocenters. The molecule has 3 nitrogen and oxygen atoms in total. The minimum atomic E-state index is -0.161. The molecule has 0 aromatic carbocycles. The first-order chi connectivity index (χ1) is 4.83. The Morgan fingerprint density at radius 2 is 2.25 bits per heavy atom. The van der Waals surface area contributed by atoms with Crippen molar-refractivity contribution in [2.45, 2.75) is 12.5 Å². The lowest BCUT2D eigenvalue weighted by Gasteiger charge is -2.02. The first-order valence-electron chi connectivity index (χ1n) is 3.07. The molecule has 0 aliphatic heterocycles. The number of hydrogen-bond donors (Lipinski definition) is 2. The van der Waals surface area contributed by atoms with Gasteiger partial charge in [0.25, 0.3) is 0 Å². The van der Waals surface area contributed by atoms with E-state index in [0.717, 1.165) is 5.01 Å². The van der Waals surface area contributed by atoms with Gasteiger partial charge in [0.2, 0.25) is 0 Å². The second kappa shape index (κ2) is 7.76. The van der Waals surface area contributed by atoms with Gasteiger partial charge in [0.15, 0.2) is 0 Å². The van der Waals surface area contributed by atoms with E-state index in [9.17, 15) is 0 Å². The zero-order valence-corrected chi connectivity index (χ0v) is 8.79. The Hall–Kier alpha value is 0.130. The van der Waals surface area contributed by atoms with Crippen LogP contribution in [0.25, 0.3) is 0 Å². The van der Waals surface area contributed by atoms with Gasteiger partial charge in [0.05, 0.1) is 11.6 Å². The fraction of sp³-hybridized carbons (Fsp3) is 0.500. The van der Waals surface area contributed by atoms with Crippen LogP contribution in [0.15, 0.2) is 11.6 Å². The van der Waals surface area contributed by atoms with Crippen LogP contribution in [0, 0.1) is 0 Å². The first kappa shape index (κ1) is 14.6. The molecule has 1 heterocycles. The number of nitrogens with zero attached hydrogens (tertiary/aromatic N) is 1. The van der Waals surface area contributed by atoms with Crippen molar-refractivity contribution in [1.82, 2.24) is 4.98 Å². The summed E-state index contributed by atoms with van der Waals surface area (Å²) < 4.78 is 0. The molecule has 0 aliphatic rings. The molecular formula is C6H12Cl2N2OS. The number of aromatic nitrogens is 1. The largest absolute Gasteiger partial charge is 0.395 e. The molecular weight excluding hydrogens is 219 g/mol. The lowest BCUT2D eigenvalue weighted by Crippen LogP contribution is -2.26. The van der Waals surface area contributed by atoms with Gasteiger partial charge in [-0.2, -0.15) is 0 Å². The van der Waals surface area contributed by atoms with Crippen molar-refractivity contribution < 1.29 is 5.11 Å². The number of halogens is 2. The molecule has 1 unspecified atom stereocenters. The highest BCUT2D eigenvalue weighted by Gasteiger charge is 2.02. The maximum atomic E-state index is 8.59. The third-order valence-electron chi connectivity index (χ3n) is 1.15. The molecule has 1 aromatic heterocycles. The summed E-state index contributed by atoms with van der Waals surface area (Å²) in [5, 5.41) is 11.5. The standard InChI is InChI=1S/C6H10N2OS.2ClH/c7-5(4-9)3-6-8-1-2-10-6;;/h1-2,5,9H,3-4,7H2;2*1H. The molecule has 0 radical (unpaired) electrons. The van der Waals surface area contributed by atoms with Crippen LogP contribution in [0.5, 0.6) is 0 Å². The molecule has 6 heteroatoms. The van der Waals surface area contributed by atoms with E-state index in [-0.39, 0.29) is 37.5 Å². The molecule has 1 rings (SSSR count). The van der Waals surface area contributed by atoms with Crippen LogP contribution in [-0.2, 0) is 6.42 Å². The second-order valence-electron chi connectivity index (χ2n) is 2.07. The fourth-order valence-electron chi connectivity index (χ4n) is 0.643. The number of hydrogen-bond acceptors (Lipinski definition) is 4. The zero-order chi connectivity index (χ0) is 7.40. The minimum absolute atomic E-state index is 0. The molecule has 1 aromatic rings. The van der Waals surface area contributed by atoms with Crippen molar-refractivity contribution in [2.75, 3.05) is 6.61 Å². The highest BCUT2D eigenvalue weighted by atomic mass is 35.5. The highest BCUT2D eigenvalue weighted by molar-refractivity contribution is 7.09. The quantitative estimate of drug-likeness (QED) is 0.810. The van der Waals surface area contributed by atoms with Crippen LogP contribution in [0.1, 0.15) is 5.01 Å². The van der Waals surface area contributed by atoms with Crippen molar-refractivity contribution >= 4 is 36.2 Å². The third kappa shape index (κ3) is 4.90. The smallest absolute Gasteiger partial charge is 0.0941 e. The average Bonchev–Trinajstić information content (AvgIpc) is 2.40. The van der Waals surface area contributed by atoms with Crippen molar-refractivity contribution in [3.05, 3.63) is 16.6 Å². The molecule has 0 saturated carbocycles. The zero-order valence-electron chi connectivity index (χ0n) is 6.34. The van der Waals surface area contributed by atoms with Crippen LogP contribution >= 0.6 is 36.2 Å². The van der Waals surface area contributed by atoms with E-state index in [0.29, 0.717) is 6.42 Å². The maximum Gasteiger partial charge on any atom is 0.0941 e. The summed E-state index contributed by atoms with van der Waals surface area (Å²) in [6.45, 7) is 0.0274. The van der Waals surface area contributed by atoms with Gasteiger partial charge >= 0.3 is 0 Å². The van der Waals surface area contributed by atoms with Gasteiger partial charge in [-0.1, -0.05) is 0 Å². The van der Waals surface area contributed by atoms with E-state index in [1.54, 1.807) is 17.5 Å². The van der Waals surface area contributed by atoms with E-state index in [2.05, 4.69) is 4.98 Å². The number of thiazole rings is 1. The predicted molar refractivity (Wildman–Crippen MR) is 55.4 cm³/mol. The Kier molecular flexibility index (Phi) is 9.47. The molecule has 0 bridgehead atoms. The molecule has 0 amide bonds. The van der Waals surface area contributed by atoms with Gasteiger partial charge in [0, 0.05) is 24.0 Å². The van der Waals surface area contributed by atoms with E-state index in [1.807, 2.05) is 5.38 Å². The molecule has 72 valence electrons.